The van der Waals surface area contributed by atoms with Crippen molar-refractivity contribution in [2.45, 2.75) is 26.7 Å². The number of benzene rings is 2. The van der Waals surface area contributed by atoms with E-state index < -0.39 is 0 Å². The number of rotatable bonds is 3. The van der Waals surface area contributed by atoms with Crippen molar-refractivity contribution in [3.8, 4) is 0 Å². The van der Waals surface area contributed by atoms with Gasteiger partial charge in [-0.15, -0.1) is 0 Å². The van der Waals surface area contributed by atoms with Gasteiger partial charge >= 0.3 is 0 Å². The second-order valence-electron chi connectivity index (χ2n) is 5.95. The van der Waals surface area contributed by atoms with Crippen LogP contribution >= 0.6 is 11.6 Å². The van der Waals surface area contributed by atoms with Crippen LogP contribution in [0.15, 0.2) is 47.6 Å². The van der Waals surface area contributed by atoms with Gasteiger partial charge in [0.25, 0.3) is 5.91 Å². The Labute approximate surface area is 151 Å². The Kier molecular flexibility index (Phi) is 4.86. The molecule has 1 heterocycles. The molecule has 1 aliphatic heterocycles. The Hall–Kier alpha value is -2.66. The Balaban J connectivity index is 1.84. The highest BCUT2D eigenvalue weighted by molar-refractivity contribution is 6.44. The van der Waals surface area contributed by atoms with E-state index in [0.717, 1.165) is 11.1 Å². The van der Waals surface area contributed by atoms with Gasteiger partial charge in [-0.25, -0.2) is 5.01 Å². The zero-order valence-electron chi connectivity index (χ0n) is 14.0. The Bertz CT molecular complexity index is 859. The summed E-state index contributed by atoms with van der Waals surface area (Å²) in [5.41, 5.74) is 3.49. The smallest absolute Gasteiger partial charge is 0.271 e. The molecule has 1 aliphatic rings. The second-order valence-corrected chi connectivity index (χ2v) is 6.36. The van der Waals surface area contributed by atoms with Crippen LogP contribution in [0.5, 0.6) is 0 Å². The Morgan fingerprint density at radius 1 is 1.12 bits per heavy atom. The maximum atomic E-state index is 12.5. The highest BCUT2D eigenvalue weighted by Crippen LogP contribution is 2.24. The molecular formula is C19H18ClN3O2. The summed E-state index contributed by atoms with van der Waals surface area (Å²) < 4.78 is 0. The average Bonchev–Trinajstić information content (AvgIpc) is 2.60. The van der Waals surface area contributed by atoms with Gasteiger partial charge in [-0.3, -0.25) is 9.59 Å². The molecule has 0 fully saturated rings. The van der Waals surface area contributed by atoms with Gasteiger partial charge in [0.05, 0.1) is 5.69 Å². The Morgan fingerprint density at radius 3 is 2.56 bits per heavy atom. The summed E-state index contributed by atoms with van der Waals surface area (Å²) in [6, 6.07) is 12.8. The quantitative estimate of drug-likeness (QED) is 0.901. The molecule has 3 rings (SSSR count). The topological polar surface area (TPSA) is 61.8 Å². The van der Waals surface area contributed by atoms with Crippen LogP contribution in [0.1, 0.15) is 24.0 Å². The van der Waals surface area contributed by atoms with Gasteiger partial charge in [0, 0.05) is 23.6 Å². The van der Waals surface area contributed by atoms with Crippen LogP contribution in [0, 0.1) is 13.8 Å². The maximum Gasteiger partial charge on any atom is 0.271 e. The predicted octanol–water partition coefficient (Wildman–Crippen LogP) is 4.08. The summed E-state index contributed by atoms with van der Waals surface area (Å²) in [7, 11) is 0. The number of aryl methyl sites for hydroxylation is 1. The van der Waals surface area contributed by atoms with Crippen LogP contribution in [-0.2, 0) is 9.59 Å². The third-order valence-electron chi connectivity index (χ3n) is 4.09. The van der Waals surface area contributed by atoms with Gasteiger partial charge in [-0.2, -0.15) is 5.10 Å². The van der Waals surface area contributed by atoms with Gasteiger partial charge < -0.3 is 5.32 Å². The minimum atomic E-state index is -0.324. The fourth-order valence-corrected chi connectivity index (χ4v) is 2.72. The molecule has 0 atom stereocenters. The molecule has 6 heteroatoms. The fraction of sp³-hybridized carbons (Fsp3) is 0.211. The first kappa shape index (κ1) is 17.2. The van der Waals surface area contributed by atoms with Crippen molar-refractivity contribution < 1.29 is 9.59 Å². The van der Waals surface area contributed by atoms with E-state index >= 15 is 0 Å². The van der Waals surface area contributed by atoms with Crippen molar-refractivity contribution in [1.29, 1.82) is 0 Å². The second kappa shape index (κ2) is 7.07. The van der Waals surface area contributed by atoms with Crippen LogP contribution in [0.2, 0.25) is 5.02 Å². The number of hydrogen-bond donors (Lipinski definition) is 1. The number of hydrazone groups is 1. The summed E-state index contributed by atoms with van der Waals surface area (Å²) in [4.78, 5) is 24.7. The fourth-order valence-electron chi connectivity index (χ4n) is 2.54. The predicted molar refractivity (Wildman–Crippen MR) is 100 cm³/mol. The molecule has 0 saturated heterocycles. The van der Waals surface area contributed by atoms with Crippen molar-refractivity contribution >= 4 is 40.5 Å². The number of anilines is 2. The zero-order valence-corrected chi connectivity index (χ0v) is 14.8. The molecule has 0 aromatic heterocycles. The van der Waals surface area contributed by atoms with Crippen molar-refractivity contribution in [3.05, 3.63) is 58.6 Å². The number of halogens is 1. The summed E-state index contributed by atoms with van der Waals surface area (Å²) in [6.07, 6.45) is 0.557. The van der Waals surface area contributed by atoms with Crippen LogP contribution in [0.4, 0.5) is 11.4 Å². The molecule has 0 unspecified atom stereocenters. The zero-order chi connectivity index (χ0) is 18.0. The van der Waals surface area contributed by atoms with E-state index in [0.29, 0.717) is 28.5 Å². The minimum absolute atomic E-state index is 0.126. The first-order valence-corrected chi connectivity index (χ1v) is 8.37. The lowest BCUT2D eigenvalue weighted by Crippen LogP contribution is -2.36. The number of nitrogens with one attached hydrogen (secondary N) is 1. The lowest BCUT2D eigenvalue weighted by atomic mass is 10.1. The standard InChI is InChI=1S/C19H18ClN3O2/c1-12-6-8-14(9-7-12)23-18(24)11-10-17(22-23)19(25)21-16-5-3-4-15(20)13(16)2/h3-9H,10-11H2,1-2H3,(H,21,25). The largest absolute Gasteiger partial charge is 0.321 e. The number of hydrogen-bond acceptors (Lipinski definition) is 3. The van der Waals surface area contributed by atoms with Crippen molar-refractivity contribution in [2.24, 2.45) is 5.10 Å². The van der Waals surface area contributed by atoms with E-state index in [2.05, 4.69) is 10.4 Å². The van der Waals surface area contributed by atoms with Crippen molar-refractivity contribution in [3.63, 3.8) is 0 Å². The molecule has 2 aromatic rings. The number of nitrogens with zero attached hydrogens (tertiary/aromatic N) is 2. The molecule has 2 aromatic carbocycles. The SMILES string of the molecule is Cc1ccc(N2N=C(C(=O)Nc3cccc(Cl)c3C)CCC2=O)cc1. The van der Waals surface area contributed by atoms with Crippen molar-refractivity contribution in [2.75, 3.05) is 10.3 Å². The summed E-state index contributed by atoms with van der Waals surface area (Å²) >= 11 is 6.08. The minimum Gasteiger partial charge on any atom is -0.321 e. The summed E-state index contributed by atoms with van der Waals surface area (Å²) in [5, 5.41) is 8.97. The highest BCUT2D eigenvalue weighted by Gasteiger charge is 2.25. The van der Waals surface area contributed by atoms with Gasteiger partial charge in [0.15, 0.2) is 0 Å². The van der Waals surface area contributed by atoms with Crippen LogP contribution < -0.4 is 10.3 Å². The normalized spacial score (nSPS) is 14.3. The number of carbonyl (C=O) groups is 2. The highest BCUT2D eigenvalue weighted by atomic mass is 35.5. The van der Waals surface area contributed by atoms with E-state index in [-0.39, 0.29) is 18.2 Å². The molecular weight excluding hydrogens is 338 g/mol. The molecule has 0 radical (unpaired) electrons. The van der Waals surface area contributed by atoms with Crippen LogP contribution in [0.25, 0.3) is 0 Å². The van der Waals surface area contributed by atoms with Crippen molar-refractivity contribution in [1.82, 2.24) is 0 Å². The molecule has 2 amide bonds. The number of amides is 2. The molecule has 0 bridgehead atoms. The van der Waals surface area contributed by atoms with E-state index in [4.69, 9.17) is 11.6 Å². The van der Waals surface area contributed by atoms with Gasteiger partial charge in [-0.05, 0) is 43.7 Å². The molecule has 0 aliphatic carbocycles. The van der Waals surface area contributed by atoms with E-state index in [1.54, 1.807) is 18.2 Å². The number of carbonyl (C=O) groups excluding carboxylic acids is 2. The first-order valence-electron chi connectivity index (χ1n) is 7.99. The third-order valence-corrected chi connectivity index (χ3v) is 4.50. The summed E-state index contributed by atoms with van der Waals surface area (Å²) in [6.45, 7) is 3.81. The molecule has 25 heavy (non-hydrogen) atoms. The van der Waals surface area contributed by atoms with Crippen LogP contribution in [0.3, 0.4) is 0 Å². The van der Waals surface area contributed by atoms with E-state index in [1.165, 1.54) is 5.01 Å². The lowest BCUT2D eigenvalue weighted by Gasteiger charge is -2.23. The first-order chi connectivity index (χ1) is 12.0. The Morgan fingerprint density at radius 2 is 1.84 bits per heavy atom. The van der Waals surface area contributed by atoms with Gasteiger partial charge in [-0.1, -0.05) is 35.4 Å². The van der Waals surface area contributed by atoms with E-state index in [9.17, 15) is 9.59 Å². The molecule has 5 nitrogen and oxygen atoms in total. The molecule has 0 saturated carbocycles. The lowest BCUT2D eigenvalue weighted by molar-refractivity contribution is -0.118. The molecule has 128 valence electrons. The average molecular weight is 356 g/mol. The third kappa shape index (κ3) is 3.72. The van der Waals surface area contributed by atoms with Gasteiger partial charge in [0.2, 0.25) is 5.91 Å². The van der Waals surface area contributed by atoms with E-state index in [1.807, 2.05) is 38.1 Å². The summed E-state index contributed by atoms with van der Waals surface area (Å²) in [5.74, 6) is -0.450. The van der Waals surface area contributed by atoms with Crippen LogP contribution in [-0.4, -0.2) is 17.5 Å². The molecule has 0 spiro atoms. The molecule has 1 N–H and O–H groups in total. The monoisotopic (exact) mass is 355 g/mol. The maximum absolute atomic E-state index is 12.5. The van der Waals surface area contributed by atoms with Gasteiger partial charge in [0.1, 0.15) is 5.71 Å².